The summed E-state index contributed by atoms with van der Waals surface area (Å²) in [6, 6.07) is 42.0. The summed E-state index contributed by atoms with van der Waals surface area (Å²) < 4.78 is 5.61. The van der Waals surface area contributed by atoms with E-state index in [4.69, 9.17) is 4.74 Å². The molecule has 0 amide bonds. The topological polar surface area (TPSA) is 29.5 Å². The number of phenols is 1. The molecule has 0 aromatic heterocycles. The highest BCUT2D eigenvalue weighted by Crippen LogP contribution is 2.43. The minimum Gasteiger partial charge on any atom is -0.507 e. The van der Waals surface area contributed by atoms with Crippen LogP contribution >= 0.6 is 0 Å². The third-order valence-electron chi connectivity index (χ3n) is 8.49. The first-order valence-corrected chi connectivity index (χ1v) is 14.4. The molecule has 0 spiro atoms. The van der Waals surface area contributed by atoms with E-state index in [0.29, 0.717) is 5.75 Å². The Kier molecular flexibility index (Phi) is 6.52. The SMILES string of the molecule is C=Cc1c(OC)ccc(-c2cccc3c(-c4ccc(-c5ccc(O)c6ccccc56)c5ccccc45)cccc23)c1C=C. The van der Waals surface area contributed by atoms with Crippen LogP contribution in [0.3, 0.4) is 0 Å². The van der Waals surface area contributed by atoms with Gasteiger partial charge in [0.05, 0.1) is 7.11 Å². The van der Waals surface area contributed by atoms with Crippen LogP contribution in [0.4, 0.5) is 0 Å². The minimum absolute atomic E-state index is 0.295. The number of benzene rings is 7. The van der Waals surface area contributed by atoms with Gasteiger partial charge >= 0.3 is 0 Å². The Morgan fingerprint density at radius 2 is 0.837 bits per heavy atom. The molecule has 0 aliphatic heterocycles. The van der Waals surface area contributed by atoms with Crippen LogP contribution in [-0.4, -0.2) is 12.2 Å². The van der Waals surface area contributed by atoms with Crippen molar-refractivity contribution >= 4 is 44.5 Å². The monoisotopic (exact) mass is 554 g/mol. The van der Waals surface area contributed by atoms with E-state index in [1.165, 1.54) is 32.7 Å². The number of phenolic OH excluding ortho intramolecular Hbond substituents is 1. The maximum Gasteiger partial charge on any atom is 0.126 e. The van der Waals surface area contributed by atoms with Gasteiger partial charge in [0.1, 0.15) is 11.5 Å². The van der Waals surface area contributed by atoms with Crippen LogP contribution in [0, 0.1) is 0 Å². The first kappa shape index (κ1) is 26.3. The Morgan fingerprint density at radius 1 is 0.442 bits per heavy atom. The van der Waals surface area contributed by atoms with Crippen molar-refractivity contribution in [2.75, 3.05) is 7.11 Å². The number of aromatic hydroxyl groups is 1. The highest BCUT2D eigenvalue weighted by molar-refractivity contribution is 6.14. The number of fused-ring (bicyclic) bond motifs is 3. The number of hydrogen-bond donors (Lipinski definition) is 1. The molecule has 0 saturated heterocycles. The van der Waals surface area contributed by atoms with Gasteiger partial charge in [-0.25, -0.2) is 0 Å². The van der Waals surface area contributed by atoms with E-state index in [1.807, 2.05) is 42.5 Å². The molecule has 7 aromatic carbocycles. The second kappa shape index (κ2) is 10.7. The summed E-state index contributed by atoms with van der Waals surface area (Å²) in [7, 11) is 1.68. The number of methoxy groups -OCH3 is 1. The van der Waals surface area contributed by atoms with Crippen molar-refractivity contribution in [1.82, 2.24) is 0 Å². The van der Waals surface area contributed by atoms with E-state index in [2.05, 4.69) is 98.1 Å². The Hall–Kier alpha value is -5.60. The maximum absolute atomic E-state index is 10.5. The van der Waals surface area contributed by atoms with Gasteiger partial charge in [-0.1, -0.05) is 135 Å². The molecule has 0 heterocycles. The molecule has 206 valence electrons. The highest BCUT2D eigenvalue weighted by Gasteiger charge is 2.17. The van der Waals surface area contributed by atoms with Crippen molar-refractivity contribution in [2.45, 2.75) is 0 Å². The van der Waals surface area contributed by atoms with E-state index in [-0.39, 0.29) is 0 Å². The van der Waals surface area contributed by atoms with Crippen molar-refractivity contribution in [3.8, 4) is 44.9 Å². The fourth-order valence-corrected chi connectivity index (χ4v) is 6.53. The third-order valence-corrected chi connectivity index (χ3v) is 8.49. The molecule has 0 aliphatic rings. The lowest BCUT2D eigenvalue weighted by atomic mass is 9.86. The van der Waals surface area contributed by atoms with Gasteiger partial charge in [0, 0.05) is 10.9 Å². The predicted octanol–water partition coefficient (Wildman–Crippen LogP) is 11.1. The van der Waals surface area contributed by atoms with E-state index in [9.17, 15) is 5.11 Å². The zero-order chi connectivity index (χ0) is 29.5. The van der Waals surface area contributed by atoms with Crippen molar-refractivity contribution in [2.24, 2.45) is 0 Å². The lowest BCUT2D eigenvalue weighted by molar-refractivity contribution is 0.414. The molecule has 1 N–H and O–H groups in total. The lowest BCUT2D eigenvalue weighted by Crippen LogP contribution is -1.94. The van der Waals surface area contributed by atoms with E-state index in [1.54, 1.807) is 13.2 Å². The van der Waals surface area contributed by atoms with E-state index < -0.39 is 0 Å². The molecule has 0 atom stereocenters. The first-order chi connectivity index (χ1) is 21.1. The quantitative estimate of drug-likeness (QED) is 0.221. The molecule has 0 aliphatic carbocycles. The molecule has 2 nitrogen and oxygen atoms in total. The van der Waals surface area contributed by atoms with Gasteiger partial charge < -0.3 is 9.84 Å². The number of rotatable bonds is 6. The summed E-state index contributed by atoms with van der Waals surface area (Å²) >= 11 is 0. The molecule has 2 heteroatoms. The predicted molar refractivity (Wildman–Crippen MR) is 184 cm³/mol. The maximum atomic E-state index is 10.5. The van der Waals surface area contributed by atoms with Crippen molar-refractivity contribution in [1.29, 1.82) is 0 Å². The second-order valence-electron chi connectivity index (χ2n) is 10.6. The smallest absolute Gasteiger partial charge is 0.126 e. The molecule has 0 radical (unpaired) electrons. The summed E-state index contributed by atoms with van der Waals surface area (Å²) in [5, 5.41) is 17.1. The summed E-state index contributed by atoms with van der Waals surface area (Å²) in [6.45, 7) is 8.16. The summed E-state index contributed by atoms with van der Waals surface area (Å²) in [5.41, 5.74) is 8.76. The molecular formula is C41H30O2. The van der Waals surface area contributed by atoms with Gasteiger partial charge in [0.2, 0.25) is 0 Å². The van der Waals surface area contributed by atoms with E-state index in [0.717, 1.165) is 49.9 Å². The molecule has 0 bridgehead atoms. The van der Waals surface area contributed by atoms with Crippen LogP contribution in [0.25, 0.3) is 77.9 Å². The molecular weight excluding hydrogens is 524 g/mol. The van der Waals surface area contributed by atoms with Crippen molar-refractivity contribution in [3.05, 3.63) is 146 Å². The minimum atomic E-state index is 0.295. The van der Waals surface area contributed by atoms with E-state index >= 15 is 0 Å². The van der Waals surface area contributed by atoms with Gasteiger partial charge in [-0.3, -0.25) is 0 Å². The normalized spacial score (nSPS) is 11.2. The van der Waals surface area contributed by atoms with Gasteiger partial charge in [-0.05, 0) is 78.0 Å². The van der Waals surface area contributed by atoms with Crippen molar-refractivity contribution < 1.29 is 9.84 Å². The molecule has 0 unspecified atom stereocenters. The van der Waals surface area contributed by atoms with Crippen molar-refractivity contribution in [3.63, 3.8) is 0 Å². The fraction of sp³-hybridized carbons (Fsp3) is 0.0244. The number of hydrogen-bond acceptors (Lipinski definition) is 2. The number of ether oxygens (including phenoxy) is 1. The first-order valence-electron chi connectivity index (χ1n) is 14.4. The van der Waals surface area contributed by atoms with Gasteiger partial charge in [-0.2, -0.15) is 0 Å². The van der Waals surface area contributed by atoms with Crippen LogP contribution in [0.15, 0.2) is 134 Å². The van der Waals surface area contributed by atoms with Crippen LogP contribution in [-0.2, 0) is 0 Å². The third kappa shape index (κ3) is 4.19. The fourth-order valence-electron chi connectivity index (χ4n) is 6.53. The lowest BCUT2D eigenvalue weighted by Gasteiger charge is -2.18. The van der Waals surface area contributed by atoms with Crippen LogP contribution < -0.4 is 4.74 Å². The molecule has 7 aromatic rings. The Morgan fingerprint density at radius 3 is 1.35 bits per heavy atom. The van der Waals surface area contributed by atoms with Crippen LogP contribution in [0.1, 0.15) is 11.1 Å². The summed E-state index contributed by atoms with van der Waals surface area (Å²) in [4.78, 5) is 0. The Bertz CT molecular complexity index is 2220. The Balaban J connectivity index is 1.46. The average Bonchev–Trinajstić information content (AvgIpc) is 3.07. The highest BCUT2D eigenvalue weighted by atomic mass is 16.5. The summed E-state index contributed by atoms with van der Waals surface area (Å²) in [6.07, 6.45) is 3.72. The van der Waals surface area contributed by atoms with Gasteiger partial charge in [0.25, 0.3) is 0 Å². The Labute approximate surface area is 251 Å². The van der Waals surface area contributed by atoms with Gasteiger partial charge in [0.15, 0.2) is 0 Å². The largest absolute Gasteiger partial charge is 0.507 e. The second-order valence-corrected chi connectivity index (χ2v) is 10.6. The van der Waals surface area contributed by atoms with Gasteiger partial charge in [-0.15, -0.1) is 0 Å². The van der Waals surface area contributed by atoms with Crippen LogP contribution in [0.5, 0.6) is 11.5 Å². The molecule has 43 heavy (non-hydrogen) atoms. The standard InChI is InChI=1S/C41H30O2/c1-4-26-27(5-2)41(43-3)25-23-35(26)32-18-10-17-31-30(32)16-11-19-33(31)36-20-21-37(29-13-7-6-12-28(29)36)38-22-24-40(42)39-15-9-8-14-34(38)39/h4-25,42H,1-2H2,3H3. The summed E-state index contributed by atoms with van der Waals surface area (Å²) in [5.74, 6) is 1.08. The molecule has 0 fully saturated rings. The zero-order valence-corrected chi connectivity index (χ0v) is 24.0. The average molecular weight is 555 g/mol. The molecule has 0 saturated carbocycles. The zero-order valence-electron chi connectivity index (χ0n) is 24.0. The molecule has 7 rings (SSSR count). The van der Waals surface area contributed by atoms with Crippen LogP contribution in [0.2, 0.25) is 0 Å².